The molecule has 3 aromatic rings. The maximum atomic E-state index is 4.52. The van der Waals surface area contributed by atoms with E-state index in [2.05, 4.69) is 20.7 Å². The molecular weight excluding hydrogens is 208 g/mol. The number of fused-ring (bicyclic) bond motifs is 1. The third-order valence-corrected chi connectivity index (χ3v) is 3.17. The first kappa shape index (κ1) is 8.67. The highest BCUT2D eigenvalue weighted by Gasteiger charge is 2.04. The number of hydrogen-bond acceptors (Lipinski definition) is 3. The summed E-state index contributed by atoms with van der Waals surface area (Å²) in [6.45, 7) is 2.79. The Labute approximate surface area is 90.8 Å². The third-order valence-electron chi connectivity index (χ3n) is 2.40. The first-order chi connectivity index (χ1) is 7.33. The molecule has 3 heterocycles. The average molecular weight is 218 g/mol. The fourth-order valence-corrected chi connectivity index (χ4v) is 2.32. The molecule has 0 atom stereocenters. The minimum absolute atomic E-state index is 0.792. The number of imidazole rings is 2. The summed E-state index contributed by atoms with van der Waals surface area (Å²) in [5.74, 6) is 1.02. The van der Waals surface area contributed by atoms with Crippen LogP contribution in [0.15, 0.2) is 30.2 Å². The first-order valence-electron chi connectivity index (χ1n) is 4.72. The third kappa shape index (κ3) is 1.45. The van der Waals surface area contributed by atoms with Gasteiger partial charge in [0, 0.05) is 30.2 Å². The molecule has 0 aliphatic carbocycles. The van der Waals surface area contributed by atoms with Crippen molar-refractivity contribution in [3.05, 3.63) is 41.7 Å². The highest BCUT2D eigenvalue weighted by atomic mass is 32.1. The van der Waals surface area contributed by atoms with Crippen LogP contribution >= 0.6 is 11.3 Å². The van der Waals surface area contributed by atoms with E-state index in [0.29, 0.717) is 0 Å². The molecule has 0 bridgehead atoms. The van der Waals surface area contributed by atoms with Crippen molar-refractivity contribution < 1.29 is 0 Å². The largest absolute Gasteiger partial charge is 0.329 e. The first-order valence-corrected chi connectivity index (χ1v) is 5.60. The number of aromatic nitrogens is 4. The molecule has 0 N–H and O–H groups in total. The molecule has 76 valence electrons. The second kappa shape index (κ2) is 3.20. The summed E-state index contributed by atoms with van der Waals surface area (Å²) >= 11 is 1.65. The zero-order chi connectivity index (χ0) is 10.3. The molecule has 3 aromatic heterocycles. The minimum Gasteiger partial charge on any atom is -0.329 e. The van der Waals surface area contributed by atoms with Crippen molar-refractivity contribution in [2.24, 2.45) is 0 Å². The standard InChI is InChI=1S/C10H10N4S/c1-8-11-2-3-13(8)6-9-7-14-4-5-15-10(14)12-9/h2-5,7H,6H2,1H3. The van der Waals surface area contributed by atoms with Crippen molar-refractivity contribution in [2.45, 2.75) is 13.5 Å². The van der Waals surface area contributed by atoms with E-state index in [0.717, 1.165) is 23.0 Å². The lowest BCUT2D eigenvalue weighted by Gasteiger charge is -2.00. The van der Waals surface area contributed by atoms with Crippen molar-refractivity contribution >= 4 is 16.3 Å². The van der Waals surface area contributed by atoms with Crippen LogP contribution in [-0.4, -0.2) is 18.9 Å². The molecule has 4 nitrogen and oxygen atoms in total. The van der Waals surface area contributed by atoms with Gasteiger partial charge in [-0.2, -0.15) is 0 Å². The van der Waals surface area contributed by atoms with Crippen LogP contribution in [0.3, 0.4) is 0 Å². The van der Waals surface area contributed by atoms with E-state index in [-0.39, 0.29) is 0 Å². The summed E-state index contributed by atoms with van der Waals surface area (Å²) in [6, 6.07) is 0. The molecule has 0 radical (unpaired) electrons. The Morgan fingerprint density at radius 2 is 2.33 bits per heavy atom. The lowest BCUT2D eigenvalue weighted by molar-refractivity contribution is 0.747. The number of nitrogens with zero attached hydrogens (tertiary/aromatic N) is 4. The molecule has 0 aromatic carbocycles. The Morgan fingerprint density at radius 1 is 1.40 bits per heavy atom. The summed E-state index contributed by atoms with van der Waals surface area (Å²) in [7, 11) is 0. The van der Waals surface area contributed by atoms with Crippen molar-refractivity contribution in [2.75, 3.05) is 0 Å². The van der Waals surface area contributed by atoms with Gasteiger partial charge in [-0.1, -0.05) is 0 Å². The van der Waals surface area contributed by atoms with Gasteiger partial charge in [0.25, 0.3) is 0 Å². The predicted octanol–water partition coefficient (Wildman–Crippen LogP) is 1.95. The van der Waals surface area contributed by atoms with Crippen LogP contribution in [0.5, 0.6) is 0 Å². The summed E-state index contributed by atoms with van der Waals surface area (Å²) in [4.78, 5) is 9.75. The maximum absolute atomic E-state index is 4.52. The van der Waals surface area contributed by atoms with Gasteiger partial charge in [-0.05, 0) is 6.92 Å². The zero-order valence-corrected chi connectivity index (χ0v) is 9.11. The lowest BCUT2D eigenvalue weighted by Crippen LogP contribution is -2.00. The molecule has 0 aliphatic heterocycles. The van der Waals surface area contributed by atoms with E-state index in [1.807, 2.05) is 35.3 Å². The Kier molecular flexibility index (Phi) is 1.85. The lowest BCUT2D eigenvalue weighted by atomic mass is 10.4. The Morgan fingerprint density at radius 3 is 3.07 bits per heavy atom. The summed E-state index contributed by atoms with van der Waals surface area (Å²) < 4.78 is 4.14. The monoisotopic (exact) mass is 218 g/mol. The smallest absolute Gasteiger partial charge is 0.193 e. The SMILES string of the molecule is Cc1nccn1Cc1cn2ccsc2n1. The van der Waals surface area contributed by atoms with Gasteiger partial charge in [0.1, 0.15) is 5.82 Å². The zero-order valence-electron chi connectivity index (χ0n) is 8.29. The summed E-state index contributed by atoms with van der Waals surface area (Å²) in [5.41, 5.74) is 1.07. The van der Waals surface area contributed by atoms with Crippen LogP contribution in [0, 0.1) is 6.92 Å². The van der Waals surface area contributed by atoms with E-state index >= 15 is 0 Å². The second-order valence-electron chi connectivity index (χ2n) is 3.43. The normalized spacial score (nSPS) is 11.3. The number of rotatable bonds is 2. The van der Waals surface area contributed by atoms with Gasteiger partial charge in [0.15, 0.2) is 4.96 Å². The molecule has 0 amide bonds. The number of aryl methyl sites for hydroxylation is 1. The second-order valence-corrected chi connectivity index (χ2v) is 4.30. The topological polar surface area (TPSA) is 35.1 Å². The number of hydrogen-bond donors (Lipinski definition) is 0. The van der Waals surface area contributed by atoms with Crippen LogP contribution in [0.1, 0.15) is 11.5 Å². The van der Waals surface area contributed by atoms with E-state index in [4.69, 9.17) is 0 Å². The van der Waals surface area contributed by atoms with E-state index in [9.17, 15) is 0 Å². The average Bonchev–Trinajstić information content (AvgIpc) is 2.83. The quantitative estimate of drug-likeness (QED) is 0.659. The molecule has 0 fully saturated rings. The van der Waals surface area contributed by atoms with E-state index < -0.39 is 0 Å². The van der Waals surface area contributed by atoms with E-state index in [1.165, 1.54) is 0 Å². The molecule has 0 saturated carbocycles. The van der Waals surface area contributed by atoms with Gasteiger partial charge in [-0.15, -0.1) is 11.3 Å². The van der Waals surface area contributed by atoms with Gasteiger partial charge >= 0.3 is 0 Å². The van der Waals surface area contributed by atoms with Crippen molar-refractivity contribution in [3.63, 3.8) is 0 Å². The molecule has 0 aliphatic rings. The predicted molar refractivity (Wildman–Crippen MR) is 59.1 cm³/mol. The Hall–Kier alpha value is -1.62. The highest BCUT2D eigenvalue weighted by molar-refractivity contribution is 7.15. The Balaban J connectivity index is 1.95. The molecule has 5 heteroatoms. The fraction of sp³-hybridized carbons (Fsp3) is 0.200. The molecule has 3 rings (SSSR count). The van der Waals surface area contributed by atoms with Crippen molar-refractivity contribution in [3.8, 4) is 0 Å². The Bertz CT molecular complexity index is 561. The fourth-order valence-electron chi connectivity index (χ4n) is 1.60. The van der Waals surface area contributed by atoms with Gasteiger partial charge in [0.05, 0.1) is 12.2 Å². The molecule has 0 unspecified atom stereocenters. The summed E-state index contributed by atoms with van der Waals surface area (Å²) in [5, 5.41) is 2.04. The molecular formula is C10H10N4S. The van der Waals surface area contributed by atoms with Crippen molar-refractivity contribution in [1.29, 1.82) is 0 Å². The molecule has 0 saturated heterocycles. The molecule has 0 spiro atoms. The van der Waals surface area contributed by atoms with Crippen LogP contribution < -0.4 is 0 Å². The summed E-state index contributed by atoms with van der Waals surface area (Å²) in [6.07, 6.45) is 7.87. The van der Waals surface area contributed by atoms with Crippen LogP contribution in [-0.2, 0) is 6.54 Å². The van der Waals surface area contributed by atoms with Gasteiger partial charge in [-0.25, -0.2) is 9.97 Å². The maximum Gasteiger partial charge on any atom is 0.193 e. The van der Waals surface area contributed by atoms with Crippen LogP contribution in [0.2, 0.25) is 0 Å². The van der Waals surface area contributed by atoms with Gasteiger partial charge in [-0.3, -0.25) is 4.40 Å². The number of thiazole rings is 1. The highest BCUT2D eigenvalue weighted by Crippen LogP contribution is 2.12. The van der Waals surface area contributed by atoms with E-state index in [1.54, 1.807) is 11.3 Å². The van der Waals surface area contributed by atoms with Crippen molar-refractivity contribution in [1.82, 2.24) is 18.9 Å². The molecule has 15 heavy (non-hydrogen) atoms. The minimum atomic E-state index is 0.792. The van der Waals surface area contributed by atoms with Crippen LogP contribution in [0.25, 0.3) is 4.96 Å². The van der Waals surface area contributed by atoms with Crippen LogP contribution in [0.4, 0.5) is 0 Å². The van der Waals surface area contributed by atoms with Gasteiger partial charge in [0.2, 0.25) is 0 Å². The van der Waals surface area contributed by atoms with Gasteiger partial charge < -0.3 is 4.57 Å².